The Bertz CT molecular complexity index is 433. The molecule has 1 aromatic rings. The maximum Gasteiger partial charge on any atom is 0.359 e. The van der Waals surface area contributed by atoms with Crippen LogP contribution in [0.5, 0.6) is 0 Å². The fourth-order valence-corrected chi connectivity index (χ4v) is 2.49. The van der Waals surface area contributed by atoms with Gasteiger partial charge in [-0.05, 0) is 19.1 Å². The van der Waals surface area contributed by atoms with Crippen LogP contribution < -0.4 is 10.8 Å². The Labute approximate surface area is 94.1 Å². The molecule has 0 radical (unpaired) electrons. The van der Waals surface area contributed by atoms with Crippen LogP contribution in [0.4, 0.5) is 0 Å². The third-order valence-corrected chi connectivity index (χ3v) is 3.94. The van der Waals surface area contributed by atoms with E-state index in [1.54, 1.807) is 0 Å². The van der Waals surface area contributed by atoms with Gasteiger partial charge in [0, 0.05) is 5.30 Å². The van der Waals surface area contributed by atoms with Crippen LogP contribution in [0, 0.1) is 0 Å². The van der Waals surface area contributed by atoms with Gasteiger partial charge in [0.15, 0.2) is 0 Å². The van der Waals surface area contributed by atoms with Gasteiger partial charge in [0.1, 0.15) is 0 Å². The van der Waals surface area contributed by atoms with Gasteiger partial charge in [-0.15, -0.1) is 5.48 Å². The van der Waals surface area contributed by atoms with Crippen molar-refractivity contribution in [3.8, 4) is 0 Å². The molecule has 1 heterocycles. The third kappa shape index (κ3) is 2.20. The molecule has 0 bridgehead atoms. The molecule has 1 fully saturated rings. The topological polar surface area (TPSA) is 38.3 Å². The number of hydroxylamine groups is 1. The van der Waals surface area contributed by atoms with E-state index in [9.17, 15) is 4.79 Å². The van der Waals surface area contributed by atoms with Crippen molar-refractivity contribution in [2.24, 2.45) is 0 Å². The molecule has 2 rings (SSSR count). The number of carbonyl (C=O) groups excluding carboxylic acids is 1. The molecule has 3 nitrogen and oxygen atoms in total. The number of hydrogen-bond donors (Lipinski definition) is 1. The molecule has 1 N–H and O–H groups in total. The summed E-state index contributed by atoms with van der Waals surface area (Å²) < 4.78 is 0. The summed E-state index contributed by atoms with van der Waals surface area (Å²) in [6.07, 6.45) is 0. The minimum Gasteiger partial charge on any atom is -0.366 e. The van der Waals surface area contributed by atoms with E-state index in [2.05, 4.69) is 5.48 Å². The lowest BCUT2D eigenvalue weighted by Gasteiger charge is -2.00. The number of halogens is 1. The van der Waals surface area contributed by atoms with E-state index in [1.807, 2.05) is 31.2 Å². The van der Waals surface area contributed by atoms with Gasteiger partial charge in [-0.25, -0.2) is 4.79 Å². The molecule has 0 saturated carbocycles. The van der Waals surface area contributed by atoms with E-state index in [-0.39, 0.29) is 12.0 Å². The predicted octanol–water partition coefficient (Wildman–Crippen LogP) is 1.53. The first kappa shape index (κ1) is 10.6. The smallest absolute Gasteiger partial charge is 0.359 e. The lowest BCUT2D eigenvalue weighted by Crippen LogP contribution is -2.22. The summed E-state index contributed by atoms with van der Waals surface area (Å²) in [5, 5.41) is 2.27. The second-order valence-corrected chi connectivity index (χ2v) is 4.77. The summed E-state index contributed by atoms with van der Waals surface area (Å²) >= 11 is 6.01. The normalized spacial score (nSPS) is 23.2. The first-order chi connectivity index (χ1) is 7.18. The number of hydrogen-bond acceptors (Lipinski definition) is 3. The summed E-state index contributed by atoms with van der Waals surface area (Å²) in [6.45, 7) is 1.88. The zero-order valence-electron chi connectivity index (χ0n) is 8.03. The number of carbonyl (C=O) groups is 1. The van der Waals surface area contributed by atoms with Crippen LogP contribution >= 0.6 is 19.8 Å². The van der Waals surface area contributed by atoms with E-state index in [1.165, 1.54) is 0 Å². The largest absolute Gasteiger partial charge is 0.366 e. The number of benzene rings is 1. The predicted molar refractivity (Wildman–Crippen MR) is 61.7 cm³/mol. The van der Waals surface area contributed by atoms with Gasteiger partial charge < -0.3 is 4.84 Å². The molecule has 1 aromatic carbocycles. The maximum absolute atomic E-state index is 11.3. The Morgan fingerprint density at radius 3 is 2.80 bits per heavy atom. The average Bonchev–Trinajstić information content (AvgIpc) is 2.53. The second-order valence-electron chi connectivity index (χ2n) is 3.18. The zero-order chi connectivity index (χ0) is 10.8. The first-order valence-electron chi connectivity index (χ1n) is 4.48. The minimum absolute atomic E-state index is 0.0598. The maximum atomic E-state index is 11.3. The van der Waals surface area contributed by atoms with Gasteiger partial charge in [0.25, 0.3) is 0 Å². The molecular formula is C10H9ClNO2P. The van der Waals surface area contributed by atoms with Crippen LogP contribution in [-0.2, 0) is 9.63 Å². The van der Waals surface area contributed by atoms with E-state index in [4.69, 9.17) is 16.4 Å². The molecule has 0 aromatic heterocycles. The van der Waals surface area contributed by atoms with Gasteiger partial charge in [0.2, 0.25) is 0 Å². The van der Waals surface area contributed by atoms with Crippen LogP contribution in [0.1, 0.15) is 6.92 Å². The minimum atomic E-state index is -0.302. The summed E-state index contributed by atoms with van der Waals surface area (Å²) in [7, 11) is 0.804. The lowest BCUT2D eigenvalue weighted by atomic mass is 10.3. The Hall–Kier alpha value is -0.890. The summed E-state index contributed by atoms with van der Waals surface area (Å²) in [5.74, 6) is -0.302. The van der Waals surface area contributed by atoms with Crippen LogP contribution in [-0.4, -0.2) is 17.3 Å². The second kappa shape index (κ2) is 4.31. The molecule has 15 heavy (non-hydrogen) atoms. The van der Waals surface area contributed by atoms with Crippen LogP contribution in [0.2, 0.25) is 5.02 Å². The molecule has 0 spiro atoms. The van der Waals surface area contributed by atoms with Gasteiger partial charge >= 0.3 is 5.97 Å². The van der Waals surface area contributed by atoms with E-state index >= 15 is 0 Å². The highest BCUT2D eigenvalue weighted by molar-refractivity contribution is 7.52. The fraction of sp³-hybridized carbons (Fsp3) is 0.200. The molecule has 78 valence electrons. The van der Waals surface area contributed by atoms with Crippen molar-refractivity contribution in [1.82, 2.24) is 5.48 Å². The summed E-state index contributed by atoms with van der Waals surface area (Å²) in [4.78, 5) is 16.0. The Kier molecular flexibility index (Phi) is 3.06. The van der Waals surface area contributed by atoms with Gasteiger partial charge in [-0.2, -0.15) is 0 Å². The molecule has 5 heteroatoms. The molecule has 1 unspecified atom stereocenters. The van der Waals surface area contributed by atoms with E-state index < -0.39 is 0 Å². The third-order valence-electron chi connectivity index (χ3n) is 2.04. The van der Waals surface area contributed by atoms with Gasteiger partial charge in [-0.1, -0.05) is 31.9 Å². The van der Waals surface area contributed by atoms with Crippen molar-refractivity contribution in [2.45, 2.75) is 13.0 Å². The number of nitrogens with one attached hydrogen (secondary N) is 1. The van der Waals surface area contributed by atoms with Crippen molar-refractivity contribution in [2.75, 3.05) is 0 Å². The molecule has 1 aliphatic rings. The highest BCUT2D eigenvalue weighted by Gasteiger charge is 2.27. The fourth-order valence-electron chi connectivity index (χ4n) is 1.24. The number of rotatable bonds is 1. The van der Waals surface area contributed by atoms with Crippen molar-refractivity contribution in [1.29, 1.82) is 0 Å². The van der Waals surface area contributed by atoms with E-state index in [0.717, 1.165) is 13.5 Å². The molecule has 0 amide bonds. The zero-order valence-corrected chi connectivity index (χ0v) is 9.68. The quantitative estimate of drug-likeness (QED) is 0.758. The van der Waals surface area contributed by atoms with Gasteiger partial charge in [-0.3, -0.25) is 0 Å². The van der Waals surface area contributed by atoms with Crippen LogP contribution in [0.25, 0.3) is 0 Å². The summed E-state index contributed by atoms with van der Waals surface area (Å²) in [5.41, 5.74) is 2.62. The highest BCUT2D eigenvalue weighted by Crippen LogP contribution is 2.15. The Morgan fingerprint density at radius 2 is 2.20 bits per heavy atom. The van der Waals surface area contributed by atoms with Crippen LogP contribution in [0.15, 0.2) is 24.3 Å². The van der Waals surface area contributed by atoms with Crippen molar-refractivity contribution in [3.05, 3.63) is 29.3 Å². The van der Waals surface area contributed by atoms with E-state index in [0.29, 0.717) is 10.3 Å². The van der Waals surface area contributed by atoms with Crippen molar-refractivity contribution in [3.63, 3.8) is 0 Å². The van der Waals surface area contributed by atoms with Crippen LogP contribution in [0.3, 0.4) is 0 Å². The monoisotopic (exact) mass is 241 g/mol. The summed E-state index contributed by atoms with van der Waals surface area (Å²) in [6, 6.07) is 7.40. The molecular weight excluding hydrogens is 233 g/mol. The molecule has 1 aliphatic heterocycles. The van der Waals surface area contributed by atoms with Gasteiger partial charge in [0.05, 0.1) is 16.4 Å². The average molecular weight is 242 g/mol. The Balaban J connectivity index is 2.38. The lowest BCUT2D eigenvalue weighted by molar-refractivity contribution is -0.138. The molecule has 1 atom stereocenters. The highest BCUT2D eigenvalue weighted by atomic mass is 35.5. The molecule has 1 saturated heterocycles. The Morgan fingerprint density at radius 1 is 1.47 bits per heavy atom. The first-order valence-corrected chi connectivity index (χ1v) is 5.75. The molecule has 0 aliphatic carbocycles. The SMILES string of the molecule is CC1NOC(=O)C1=Pc1ccccc1Cl. The van der Waals surface area contributed by atoms with Crippen molar-refractivity contribution < 1.29 is 9.63 Å². The van der Waals surface area contributed by atoms with Crippen molar-refractivity contribution >= 4 is 36.4 Å². The standard InChI is InChI=1S/C10H9ClNO2P/c1-6-9(10(13)14-12-6)15-8-5-3-2-4-7(8)11/h2-6,12H,1H3.